The van der Waals surface area contributed by atoms with Gasteiger partial charge in [0, 0.05) is 41.1 Å². The number of fused-ring (bicyclic) bond motifs is 1. The van der Waals surface area contributed by atoms with Crippen molar-refractivity contribution >= 4 is 34.3 Å². The van der Waals surface area contributed by atoms with Gasteiger partial charge >= 0.3 is 6.18 Å². The molecule has 0 aliphatic rings. The van der Waals surface area contributed by atoms with E-state index in [-0.39, 0.29) is 11.3 Å². The van der Waals surface area contributed by atoms with Crippen molar-refractivity contribution in [2.75, 3.05) is 10.6 Å². The molecule has 2 aromatic carbocycles. The van der Waals surface area contributed by atoms with E-state index in [9.17, 15) is 18.0 Å². The number of carbonyl (C=O) groups excluding carboxylic acids is 1. The molecule has 1 amide bonds. The zero-order valence-electron chi connectivity index (χ0n) is 18.0. The van der Waals surface area contributed by atoms with Crippen molar-refractivity contribution in [3.05, 3.63) is 96.4 Å². The standard InChI is InChI=1S/C25H17F3N6O/c26-25(27,28)17-6-2-8-19(13-17)31-23(35)15-4-1-7-18(12-15)32-24-33-20-9-11-30-22(20)21(34-24)16-5-3-10-29-14-16/h1-14,30H,(H,31,35)(H,32,33,34). The molecule has 0 fully saturated rings. The van der Waals surface area contributed by atoms with Gasteiger partial charge < -0.3 is 15.6 Å². The van der Waals surface area contributed by atoms with Crippen LogP contribution < -0.4 is 10.6 Å². The number of aromatic amines is 1. The molecule has 35 heavy (non-hydrogen) atoms. The fraction of sp³-hybridized carbons (Fsp3) is 0.0400. The Kier molecular flexibility index (Phi) is 5.61. The van der Waals surface area contributed by atoms with Gasteiger partial charge in [0.1, 0.15) is 5.69 Å². The van der Waals surface area contributed by atoms with Crippen LogP contribution in [0.1, 0.15) is 15.9 Å². The van der Waals surface area contributed by atoms with Crippen LogP contribution in [0, 0.1) is 0 Å². The summed E-state index contributed by atoms with van der Waals surface area (Å²) in [5, 5.41) is 5.60. The number of alkyl halides is 3. The van der Waals surface area contributed by atoms with Gasteiger partial charge in [0.25, 0.3) is 5.91 Å². The largest absolute Gasteiger partial charge is 0.416 e. The number of hydrogen-bond acceptors (Lipinski definition) is 5. The maximum absolute atomic E-state index is 13.0. The van der Waals surface area contributed by atoms with Crippen LogP contribution in [0.5, 0.6) is 0 Å². The topological polar surface area (TPSA) is 95.6 Å². The first-order valence-electron chi connectivity index (χ1n) is 10.5. The van der Waals surface area contributed by atoms with Crippen molar-refractivity contribution in [3.8, 4) is 11.3 Å². The highest BCUT2D eigenvalue weighted by Gasteiger charge is 2.30. The summed E-state index contributed by atoms with van der Waals surface area (Å²) in [7, 11) is 0. The SMILES string of the molecule is O=C(Nc1cccc(C(F)(F)F)c1)c1cccc(Nc2nc(-c3cccnc3)c3[nH]ccc3n2)c1. The Morgan fingerprint density at radius 2 is 1.74 bits per heavy atom. The van der Waals surface area contributed by atoms with E-state index in [1.54, 1.807) is 42.9 Å². The molecule has 3 N–H and O–H groups in total. The van der Waals surface area contributed by atoms with Crippen molar-refractivity contribution in [1.29, 1.82) is 0 Å². The first-order chi connectivity index (χ1) is 16.9. The second-order valence-corrected chi connectivity index (χ2v) is 7.61. The third kappa shape index (κ3) is 4.81. The fourth-order valence-corrected chi connectivity index (χ4v) is 3.56. The predicted molar refractivity (Wildman–Crippen MR) is 126 cm³/mol. The number of hydrogen-bond donors (Lipinski definition) is 3. The molecule has 0 unspecified atom stereocenters. The smallest absolute Gasteiger partial charge is 0.358 e. The van der Waals surface area contributed by atoms with E-state index in [4.69, 9.17) is 0 Å². The highest BCUT2D eigenvalue weighted by atomic mass is 19.4. The Hall–Kier alpha value is -4.73. The van der Waals surface area contributed by atoms with Gasteiger partial charge in [0.2, 0.25) is 5.95 Å². The molecule has 0 saturated heterocycles. The molecule has 7 nitrogen and oxygen atoms in total. The highest BCUT2D eigenvalue weighted by Crippen LogP contribution is 2.31. The van der Waals surface area contributed by atoms with Gasteiger partial charge in [-0.1, -0.05) is 12.1 Å². The normalized spacial score (nSPS) is 11.4. The van der Waals surface area contributed by atoms with Crippen molar-refractivity contribution < 1.29 is 18.0 Å². The number of amides is 1. The van der Waals surface area contributed by atoms with Crippen molar-refractivity contribution in [3.63, 3.8) is 0 Å². The van der Waals surface area contributed by atoms with Crippen molar-refractivity contribution in [1.82, 2.24) is 19.9 Å². The molecular weight excluding hydrogens is 457 g/mol. The van der Waals surface area contributed by atoms with Crippen LogP contribution in [0.15, 0.2) is 85.3 Å². The first kappa shape index (κ1) is 22.1. The number of anilines is 3. The number of halogens is 3. The molecule has 0 spiro atoms. The molecule has 0 bridgehead atoms. The second-order valence-electron chi connectivity index (χ2n) is 7.61. The Morgan fingerprint density at radius 1 is 0.914 bits per heavy atom. The molecule has 0 atom stereocenters. The molecule has 0 aliphatic heterocycles. The molecule has 0 aliphatic carbocycles. The molecule has 0 saturated carbocycles. The van der Waals surface area contributed by atoms with E-state index in [1.807, 2.05) is 18.2 Å². The zero-order valence-corrected chi connectivity index (χ0v) is 18.0. The van der Waals surface area contributed by atoms with Crippen molar-refractivity contribution in [2.45, 2.75) is 6.18 Å². The molecule has 174 valence electrons. The van der Waals surface area contributed by atoms with Crippen LogP contribution in [0.4, 0.5) is 30.5 Å². The van der Waals surface area contributed by atoms with Gasteiger partial charge in [-0.3, -0.25) is 9.78 Å². The summed E-state index contributed by atoms with van der Waals surface area (Å²) in [4.78, 5) is 29.1. The Morgan fingerprint density at radius 3 is 2.54 bits per heavy atom. The van der Waals surface area contributed by atoms with E-state index >= 15 is 0 Å². The maximum Gasteiger partial charge on any atom is 0.416 e. The summed E-state index contributed by atoms with van der Waals surface area (Å²) in [5.74, 6) is -0.239. The van der Waals surface area contributed by atoms with Gasteiger partial charge in [-0.05, 0) is 54.6 Å². The lowest BCUT2D eigenvalue weighted by atomic mass is 10.1. The number of carbonyl (C=O) groups is 1. The van der Waals surface area contributed by atoms with Gasteiger partial charge in [-0.15, -0.1) is 0 Å². The minimum atomic E-state index is -4.50. The molecular formula is C25H17F3N6O. The van der Waals surface area contributed by atoms with Gasteiger partial charge in [-0.2, -0.15) is 13.2 Å². The molecule has 10 heteroatoms. The van der Waals surface area contributed by atoms with Gasteiger partial charge in [0.15, 0.2) is 0 Å². The molecule has 0 radical (unpaired) electrons. The third-order valence-corrected chi connectivity index (χ3v) is 5.17. The minimum absolute atomic E-state index is 0.0468. The van der Waals surface area contributed by atoms with E-state index in [0.717, 1.165) is 23.2 Å². The lowest BCUT2D eigenvalue weighted by Gasteiger charge is -2.11. The molecule has 3 aromatic heterocycles. The Bertz CT molecular complexity index is 1510. The monoisotopic (exact) mass is 474 g/mol. The molecule has 3 heterocycles. The number of benzene rings is 2. The summed E-state index contributed by atoms with van der Waals surface area (Å²) in [5.41, 5.74) is 2.92. The van der Waals surface area contributed by atoms with Crippen LogP contribution in [0.3, 0.4) is 0 Å². The third-order valence-electron chi connectivity index (χ3n) is 5.17. The van der Waals surface area contributed by atoms with E-state index in [0.29, 0.717) is 22.8 Å². The quantitative estimate of drug-likeness (QED) is 0.289. The van der Waals surface area contributed by atoms with E-state index < -0.39 is 17.6 Å². The summed E-state index contributed by atoms with van der Waals surface area (Å²) < 4.78 is 38.9. The number of H-pyrrole nitrogens is 1. The number of pyridine rings is 1. The zero-order chi connectivity index (χ0) is 24.4. The Labute approximate surface area is 197 Å². The Balaban J connectivity index is 1.40. The van der Waals surface area contributed by atoms with Crippen LogP contribution >= 0.6 is 0 Å². The lowest BCUT2D eigenvalue weighted by Crippen LogP contribution is -2.13. The maximum atomic E-state index is 13.0. The number of nitrogens with one attached hydrogen (secondary N) is 3. The number of nitrogens with zero attached hydrogens (tertiary/aromatic N) is 3. The summed E-state index contributed by atoms with van der Waals surface area (Å²) >= 11 is 0. The van der Waals surface area contributed by atoms with Crippen LogP contribution in [0.2, 0.25) is 0 Å². The lowest BCUT2D eigenvalue weighted by molar-refractivity contribution is -0.137. The van der Waals surface area contributed by atoms with Crippen LogP contribution in [-0.2, 0) is 6.18 Å². The molecule has 5 rings (SSSR count). The average molecular weight is 474 g/mol. The van der Waals surface area contributed by atoms with E-state index in [2.05, 4.69) is 30.6 Å². The first-order valence-corrected chi connectivity index (χ1v) is 10.5. The predicted octanol–water partition coefficient (Wildman–Crippen LogP) is 6.03. The molecule has 5 aromatic rings. The van der Waals surface area contributed by atoms with E-state index in [1.165, 1.54) is 12.1 Å². The van der Waals surface area contributed by atoms with Crippen LogP contribution in [-0.4, -0.2) is 25.8 Å². The van der Waals surface area contributed by atoms with Crippen molar-refractivity contribution in [2.24, 2.45) is 0 Å². The summed E-state index contributed by atoms with van der Waals surface area (Å²) in [6, 6.07) is 16.5. The van der Waals surface area contributed by atoms with Gasteiger partial charge in [-0.25, -0.2) is 9.97 Å². The van der Waals surface area contributed by atoms with Gasteiger partial charge in [0.05, 0.1) is 16.6 Å². The second kappa shape index (κ2) is 8.90. The summed E-state index contributed by atoms with van der Waals surface area (Å²) in [6.07, 6.45) is 0.637. The minimum Gasteiger partial charge on any atom is -0.358 e. The summed E-state index contributed by atoms with van der Waals surface area (Å²) in [6.45, 7) is 0. The highest BCUT2D eigenvalue weighted by molar-refractivity contribution is 6.05. The number of aromatic nitrogens is 4. The number of rotatable bonds is 5. The fourth-order valence-electron chi connectivity index (χ4n) is 3.56. The average Bonchev–Trinajstić information content (AvgIpc) is 3.33. The van der Waals surface area contributed by atoms with Crippen LogP contribution in [0.25, 0.3) is 22.3 Å².